The fourth-order valence-electron chi connectivity index (χ4n) is 2.12. The van der Waals surface area contributed by atoms with E-state index in [1.807, 2.05) is 18.2 Å². The summed E-state index contributed by atoms with van der Waals surface area (Å²) >= 11 is 6.21. The molecular weight excluding hydrogens is 290 g/mol. The number of halogens is 1. The molecule has 0 aliphatic rings. The summed E-state index contributed by atoms with van der Waals surface area (Å²) in [7, 11) is 1.68. The van der Waals surface area contributed by atoms with Gasteiger partial charge < -0.3 is 14.8 Å². The van der Waals surface area contributed by atoms with E-state index in [0.717, 1.165) is 0 Å². The van der Waals surface area contributed by atoms with Crippen molar-refractivity contribution in [1.82, 2.24) is 9.72 Å². The smallest absolute Gasteiger partial charge is 0.250 e. The fraction of sp³-hybridized carbons (Fsp3) is 0.0667. The Morgan fingerprint density at radius 2 is 2.05 bits per heavy atom. The SMILES string of the molecule is Cn1ccc(-c2noc(N)c2-c2ccccc2Cl)cc1=O. The maximum atomic E-state index is 11.8. The quantitative estimate of drug-likeness (QED) is 0.789. The van der Waals surface area contributed by atoms with E-state index >= 15 is 0 Å². The van der Waals surface area contributed by atoms with Crippen LogP contribution in [0.15, 0.2) is 51.9 Å². The molecule has 0 spiro atoms. The van der Waals surface area contributed by atoms with Gasteiger partial charge in [0.15, 0.2) is 0 Å². The summed E-state index contributed by atoms with van der Waals surface area (Å²) in [6.07, 6.45) is 1.67. The summed E-state index contributed by atoms with van der Waals surface area (Å²) in [6, 6.07) is 10.5. The molecular formula is C15H12ClN3O2. The van der Waals surface area contributed by atoms with Crippen molar-refractivity contribution >= 4 is 17.5 Å². The van der Waals surface area contributed by atoms with Crippen molar-refractivity contribution in [1.29, 1.82) is 0 Å². The Kier molecular flexibility index (Phi) is 3.27. The highest BCUT2D eigenvalue weighted by molar-refractivity contribution is 6.33. The lowest BCUT2D eigenvalue weighted by Crippen LogP contribution is -2.14. The van der Waals surface area contributed by atoms with E-state index in [9.17, 15) is 4.79 Å². The number of hydrogen-bond acceptors (Lipinski definition) is 4. The second-order valence-electron chi connectivity index (χ2n) is 4.61. The third kappa shape index (κ3) is 2.32. The average Bonchev–Trinajstić information content (AvgIpc) is 2.84. The van der Waals surface area contributed by atoms with E-state index in [2.05, 4.69) is 5.16 Å². The summed E-state index contributed by atoms with van der Waals surface area (Å²) in [6.45, 7) is 0. The van der Waals surface area contributed by atoms with Gasteiger partial charge in [0, 0.05) is 35.5 Å². The van der Waals surface area contributed by atoms with Crippen LogP contribution in [0.1, 0.15) is 0 Å². The molecule has 0 saturated heterocycles. The van der Waals surface area contributed by atoms with Gasteiger partial charge in [-0.1, -0.05) is 35.0 Å². The molecule has 0 amide bonds. The Hall–Kier alpha value is -2.53. The van der Waals surface area contributed by atoms with Crippen LogP contribution in [0.2, 0.25) is 5.02 Å². The molecule has 5 nitrogen and oxygen atoms in total. The first-order chi connectivity index (χ1) is 10.1. The number of aromatic nitrogens is 2. The Bertz CT molecular complexity index is 867. The van der Waals surface area contributed by atoms with Crippen molar-refractivity contribution in [2.45, 2.75) is 0 Å². The minimum atomic E-state index is -0.140. The number of pyridine rings is 1. The zero-order valence-corrected chi connectivity index (χ0v) is 12.0. The largest absolute Gasteiger partial charge is 0.367 e. The minimum absolute atomic E-state index is 0.140. The van der Waals surface area contributed by atoms with E-state index in [4.69, 9.17) is 21.9 Å². The Balaban J connectivity index is 2.24. The number of nitrogens with two attached hydrogens (primary N) is 1. The maximum Gasteiger partial charge on any atom is 0.250 e. The second kappa shape index (κ2) is 5.10. The molecule has 0 aliphatic carbocycles. The highest BCUT2D eigenvalue weighted by Crippen LogP contribution is 2.38. The third-order valence-electron chi connectivity index (χ3n) is 3.24. The molecule has 0 fully saturated rings. The van der Waals surface area contributed by atoms with E-state index in [1.165, 1.54) is 10.6 Å². The Labute approximate surface area is 125 Å². The molecule has 2 N–H and O–H groups in total. The molecule has 0 bridgehead atoms. The zero-order chi connectivity index (χ0) is 15.0. The summed E-state index contributed by atoms with van der Waals surface area (Å²) in [5.74, 6) is 0.166. The Morgan fingerprint density at radius 1 is 1.29 bits per heavy atom. The number of rotatable bonds is 2. The van der Waals surface area contributed by atoms with Crippen molar-refractivity contribution in [2.75, 3.05) is 5.73 Å². The van der Waals surface area contributed by atoms with Gasteiger partial charge in [-0.2, -0.15) is 0 Å². The number of nitrogen functional groups attached to an aromatic ring is 1. The van der Waals surface area contributed by atoms with Gasteiger partial charge >= 0.3 is 0 Å². The normalized spacial score (nSPS) is 10.8. The van der Waals surface area contributed by atoms with Crippen molar-refractivity contribution in [3.63, 3.8) is 0 Å². The fourth-order valence-corrected chi connectivity index (χ4v) is 2.35. The number of benzene rings is 1. The molecule has 2 heterocycles. The van der Waals surface area contributed by atoms with Crippen molar-refractivity contribution in [2.24, 2.45) is 7.05 Å². The molecule has 3 aromatic rings. The molecule has 6 heteroatoms. The van der Waals surface area contributed by atoms with Gasteiger partial charge in [-0.05, 0) is 12.1 Å². The molecule has 106 valence electrons. The van der Waals surface area contributed by atoms with E-state index < -0.39 is 0 Å². The highest BCUT2D eigenvalue weighted by atomic mass is 35.5. The predicted molar refractivity (Wildman–Crippen MR) is 82.0 cm³/mol. The van der Waals surface area contributed by atoms with Crippen LogP contribution in [0.25, 0.3) is 22.4 Å². The first kappa shape index (κ1) is 13.5. The third-order valence-corrected chi connectivity index (χ3v) is 3.57. The molecule has 2 aromatic heterocycles. The topological polar surface area (TPSA) is 74.1 Å². The van der Waals surface area contributed by atoms with Gasteiger partial charge in [0.2, 0.25) is 5.88 Å². The molecule has 0 unspecified atom stereocenters. The zero-order valence-electron chi connectivity index (χ0n) is 11.2. The van der Waals surface area contributed by atoms with Crippen molar-refractivity contribution < 1.29 is 4.52 Å². The summed E-state index contributed by atoms with van der Waals surface area (Å²) < 4.78 is 6.56. The summed E-state index contributed by atoms with van der Waals surface area (Å²) in [5, 5.41) is 4.51. The number of hydrogen-bond donors (Lipinski definition) is 1. The lowest BCUT2D eigenvalue weighted by Gasteiger charge is -2.05. The van der Waals surface area contributed by atoms with E-state index in [0.29, 0.717) is 27.4 Å². The van der Waals surface area contributed by atoms with Crippen LogP contribution in [0, 0.1) is 0 Å². The van der Waals surface area contributed by atoms with Gasteiger partial charge in [0.1, 0.15) is 5.69 Å². The maximum absolute atomic E-state index is 11.8. The van der Waals surface area contributed by atoms with Crippen LogP contribution < -0.4 is 11.3 Å². The van der Waals surface area contributed by atoms with Gasteiger partial charge in [-0.3, -0.25) is 4.79 Å². The number of anilines is 1. The van der Waals surface area contributed by atoms with Crippen LogP contribution in [0.5, 0.6) is 0 Å². The predicted octanol–water partition coefficient (Wildman–Crippen LogP) is 2.94. The van der Waals surface area contributed by atoms with Gasteiger partial charge in [0.05, 0.1) is 5.56 Å². The van der Waals surface area contributed by atoms with Crippen LogP contribution in [-0.4, -0.2) is 9.72 Å². The van der Waals surface area contributed by atoms with E-state index in [1.54, 1.807) is 25.4 Å². The first-order valence-corrected chi connectivity index (χ1v) is 6.63. The second-order valence-corrected chi connectivity index (χ2v) is 5.02. The molecule has 21 heavy (non-hydrogen) atoms. The monoisotopic (exact) mass is 301 g/mol. The molecule has 0 atom stereocenters. The number of nitrogens with zero attached hydrogens (tertiary/aromatic N) is 2. The van der Waals surface area contributed by atoms with Crippen LogP contribution in [0.3, 0.4) is 0 Å². The van der Waals surface area contributed by atoms with Crippen LogP contribution >= 0.6 is 11.6 Å². The highest BCUT2D eigenvalue weighted by Gasteiger charge is 2.19. The lowest BCUT2D eigenvalue weighted by molar-refractivity contribution is 0.439. The Morgan fingerprint density at radius 3 is 2.76 bits per heavy atom. The van der Waals surface area contributed by atoms with Crippen LogP contribution in [0.4, 0.5) is 5.88 Å². The molecule has 1 aromatic carbocycles. The molecule has 0 aliphatic heterocycles. The molecule has 0 saturated carbocycles. The summed E-state index contributed by atoms with van der Waals surface area (Å²) in [5.41, 5.74) is 8.18. The standard InChI is InChI=1S/C15H12ClN3O2/c1-19-7-6-9(8-12(19)20)14-13(15(17)21-18-14)10-4-2-3-5-11(10)16/h2-8H,17H2,1H3. The van der Waals surface area contributed by atoms with Crippen LogP contribution in [-0.2, 0) is 7.05 Å². The number of aryl methyl sites for hydroxylation is 1. The minimum Gasteiger partial charge on any atom is -0.367 e. The average molecular weight is 302 g/mol. The molecule has 3 rings (SSSR count). The van der Waals surface area contributed by atoms with Crippen molar-refractivity contribution in [3.05, 3.63) is 58.0 Å². The molecule has 0 radical (unpaired) electrons. The first-order valence-electron chi connectivity index (χ1n) is 6.25. The van der Waals surface area contributed by atoms with Gasteiger partial charge in [0.25, 0.3) is 5.56 Å². The van der Waals surface area contributed by atoms with Gasteiger partial charge in [-0.15, -0.1) is 0 Å². The van der Waals surface area contributed by atoms with Crippen molar-refractivity contribution in [3.8, 4) is 22.4 Å². The summed E-state index contributed by atoms with van der Waals surface area (Å²) in [4.78, 5) is 11.8. The lowest BCUT2D eigenvalue weighted by atomic mass is 10.0. The van der Waals surface area contributed by atoms with E-state index in [-0.39, 0.29) is 11.4 Å². The van der Waals surface area contributed by atoms with Gasteiger partial charge in [-0.25, -0.2) is 0 Å².